The molecule has 0 spiro atoms. The molecule has 4 heteroatoms. The third-order valence-electron chi connectivity index (χ3n) is 4.23. The van der Waals surface area contributed by atoms with Gasteiger partial charge in [-0.1, -0.05) is 12.8 Å². The number of rotatable bonds is 2. The Balaban J connectivity index is 1.69. The molecule has 2 saturated carbocycles. The molecule has 0 aliphatic heterocycles. The second-order valence-corrected chi connectivity index (χ2v) is 5.36. The molecular weight excluding hydrogens is 231 g/mol. The first-order valence-electron chi connectivity index (χ1n) is 6.52. The monoisotopic (exact) mass is 248 g/mol. The molecule has 2 atom stereocenters. The lowest BCUT2D eigenvalue weighted by molar-refractivity contribution is -0.117. The van der Waals surface area contributed by atoms with Crippen LogP contribution in [0.1, 0.15) is 25.7 Å². The molecule has 3 N–H and O–H groups in total. The van der Waals surface area contributed by atoms with Crippen molar-refractivity contribution in [2.45, 2.75) is 25.7 Å². The van der Waals surface area contributed by atoms with Crippen LogP contribution in [0.25, 0.3) is 0 Å². The van der Waals surface area contributed by atoms with E-state index in [2.05, 4.69) is 5.32 Å². The van der Waals surface area contributed by atoms with E-state index in [1.54, 1.807) is 0 Å². The quantitative estimate of drug-likeness (QED) is 0.791. The number of anilines is 2. The average molecular weight is 248 g/mol. The molecule has 1 aromatic rings. The summed E-state index contributed by atoms with van der Waals surface area (Å²) in [6, 6.07) is 4.05. The van der Waals surface area contributed by atoms with Crippen molar-refractivity contribution in [1.29, 1.82) is 0 Å². The second kappa shape index (κ2) is 4.26. The van der Waals surface area contributed by atoms with E-state index in [4.69, 9.17) is 5.73 Å². The number of nitrogens with two attached hydrogens (primary N) is 1. The number of amides is 1. The van der Waals surface area contributed by atoms with Crippen molar-refractivity contribution in [3.8, 4) is 0 Å². The van der Waals surface area contributed by atoms with E-state index in [-0.39, 0.29) is 17.6 Å². The van der Waals surface area contributed by atoms with Crippen LogP contribution in [0.5, 0.6) is 0 Å². The summed E-state index contributed by atoms with van der Waals surface area (Å²) in [7, 11) is 0. The number of nitrogens with one attached hydrogen (secondary N) is 1. The molecule has 2 fully saturated rings. The van der Waals surface area contributed by atoms with Gasteiger partial charge in [-0.2, -0.15) is 0 Å². The molecule has 3 rings (SSSR count). The number of fused-ring (bicyclic) bond motifs is 1. The fraction of sp³-hybridized carbons (Fsp3) is 0.500. The molecule has 0 aromatic heterocycles. The molecular formula is C14H17FN2O. The third kappa shape index (κ3) is 1.96. The lowest BCUT2D eigenvalue weighted by Gasteiger charge is -2.07. The summed E-state index contributed by atoms with van der Waals surface area (Å²) in [6.45, 7) is 0. The molecule has 1 aromatic carbocycles. The molecule has 96 valence electrons. The number of benzene rings is 1. The van der Waals surface area contributed by atoms with E-state index in [1.165, 1.54) is 31.0 Å². The number of carbonyl (C=O) groups is 1. The number of halogens is 1. The Kier molecular flexibility index (Phi) is 2.73. The minimum absolute atomic E-state index is 0.00389. The summed E-state index contributed by atoms with van der Waals surface area (Å²) in [5, 5.41) is 2.77. The summed E-state index contributed by atoms with van der Waals surface area (Å²) in [5.74, 6) is 0.842. The molecule has 0 radical (unpaired) electrons. The largest absolute Gasteiger partial charge is 0.397 e. The fourth-order valence-electron chi connectivity index (χ4n) is 3.23. The van der Waals surface area contributed by atoms with Crippen molar-refractivity contribution >= 4 is 17.3 Å². The Morgan fingerprint density at radius 1 is 1.28 bits per heavy atom. The molecule has 2 unspecified atom stereocenters. The van der Waals surface area contributed by atoms with Crippen LogP contribution in [0.2, 0.25) is 0 Å². The maximum absolute atomic E-state index is 13.1. The summed E-state index contributed by atoms with van der Waals surface area (Å²) in [6.07, 6.45) is 4.77. The van der Waals surface area contributed by atoms with Gasteiger partial charge in [-0.25, -0.2) is 4.39 Å². The average Bonchev–Trinajstić information content (AvgIpc) is 3.08. The van der Waals surface area contributed by atoms with Gasteiger partial charge in [0.2, 0.25) is 5.91 Å². The highest BCUT2D eigenvalue weighted by Gasteiger charge is 2.54. The topological polar surface area (TPSA) is 55.1 Å². The zero-order valence-corrected chi connectivity index (χ0v) is 10.2. The standard InChI is InChI=1S/C14H17FN2O/c15-8-5-6-11(16)12(7-8)17-14(18)13-9-3-1-2-4-10(9)13/h5-7,9-10,13H,1-4,16H2,(H,17,18). The van der Waals surface area contributed by atoms with Crippen molar-refractivity contribution in [2.24, 2.45) is 17.8 Å². The van der Waals surface area contributed by atoms with Crippen LogP contribution < -0.4 is 11.1 Å². The van der Waals surface area contributed by atoms with E-state index < -0.39 is 0 Å². The predicted octanol–water partition coefficient (Wildman–Crippen LogP) is 2.78. The van der Waals surface area contributed by atoms with Gasteiger partial charge in [0.1, 0.15) is 5.82 Å². The lowest BCUT2D eigenvalue weighted by Crippen LogP contribution is -2.16. The van der Waals surface area contributed by atoms with Crippen LogP contribution in [0.4, 0.5) is 15.8 Å². The van der Waals surface area contributed by atoms with Crippen molar-refractivity contribution < 1.29 is 9.18 Å². The van der Waals surface area contributed by atoms with Crippen LogP contribution >= 0.6 is 0 Å². The second-order valence-electron chi connectivity index (χ2n) is 5.36. The molecule has 3 nitrogen and oxygen atoms in total. The van der Waals surface area contributed by atoms with Crippen LogP contribution in [0.3, 0.4) is 0 Å². The molecule has 0 heterocycles. The van der Waals surface area contributed by atoms with Gasteiger partial charge in [0.25, 0.3) is 0 Å². The Bertz CT molecular complexity index is 477. The van der Waals surface area contributed by atoms with Gasteiger partial charge in [-0.3, -0.25) is 4.79 Å². The Hall–Kier alpha value is -1.58. The summed E-state index contributed by atoms with van der Waals surface area (Å²) < 4.78 is 13.1. The minimum Gasteiger partial charge on any atom is -0.397 e. The first-order chi connectivity index (χ1) is 8.66. The Morgan fingerprint density at radius 2 is 1.94 bits per heavy atom. The predicted molar refractivity (Wildman–Crippen MR) is 68.4 cm³/mol. The molecule has 0 bridgehead atoms. The van der Waals surface area contributed by atoms with Crippen molar-refractivity contribution in [3.63, 3.8) is 0 Å². The van der Waals surface area contributed by atoms with E-state index >= 15 is 0 Å². The highest BCUT2D eigenvalue weighted by atomic mass is 19.1. The molecule has 18 heavy (non-hydrogen) atoms. The van der Waals surface area contributed by atoms with Gasteiger partial charge in [0, 0.05) is 5.92 Å². The van der Waals surface area contributed by atoms with E-state index in [0.29, 0.717) is 23.2 Å². The molecule has 0 saturated heterocycles. The summed E-state index contributed by atoms with van der Waals surface area (Å²) in [4.78, 5) is 12.1. The number of hydrogen-bond acceptors (Lipinski definition) is 2. The van der Waals surface area contributed by atoms with Crippen LogP contribution in [-0.4, -0.2) is 5.91 Å². The van der Waals surface area contributed by atoms with Crippen molar-refractivity contribution in [1.82, 2.24) is 0 Å². The number of nitrogen functional groups attached to an aromatic ring is 1. The van der Waals surface area contributed by atoms with E-state index in [9.17, 15) is 9.18 Å². The SMILES string of the molecule is Nc1ccc(F)cc1NC(=O)C1C2CCCCC21. The van der Waals surface area contributed by atoms with E-state index in [1.807, 2.05) is 0 Å². The van der Waals surface area contributed by atoms with Crippen molar-refractivity contribution in [3.05, 3.63) is 24.0 Å². The molecule has 1 amide bonds. The van der Waals surface area contributed by atoms with Crippen LogP contribution in [0.15, 0.2) is 18.2 Å². The fourth-order valence-corrected chi connectivity index (χ4v) is 3.23. The van der Waals surface area contributed by atoms with Gasteiger partial charge in [-0.05, 0) is 42.9 Å². The highest BCUT2D eigenvalue weighted by molar-refractivity contribution is 5.97. The van der Waals surface area contributed by atoms with Gasteiger partial charge >= 0.3 is 0 Å². The first-order valence-corrected chi connectivity index (χ1v) is 6.52. The first kappa shape index (κ1) is 11.5. The number of hydrogen-bond donors (Lipinski definition) is 2. The zero-order valence-electron chi connectivity index (χ0n) is 10.2. The Morgan fingerprint density at radius 3 is 2.61 bits per heavy atom. The van der Waals surface area contributed by atoms with Gasteiger partial charge < -0.3 is 11.1 Å². The molecule has 2 aliphatic carbocycles. The van der Waals surface area contributed by atoms with Crippen LogP contribution in [0, 0.1) is 23.6 Å². The van der Waals surface area contributed by atoms with Gasteiger partial charge in [-0.15, -0.1) is 0 Å². The van der Waals surface area contributed by atoms with E-state index in [0.717, 1.165) is 12.8 Å². The van der Waals surface area contributed by atoms with Crippen molar-refractivity contribution in [2.75, 3.05) is 11.1 Å². The third-order valence-corrected chi connectivity index (χ3v) is 4.23. The Labute approximate surface area is 106 Å². The normalized spacial score (nSPS) is 29.5. The highest BCUT2D eigenvalue weighted by Crippen LogP contribution is 2.55. The lowest BCUT2D eigenvalue weighted by atomic mass is 10.0. The summed E-state index contributed by atoms with van der Waals surface area (Å²) >= 11 is 0. The smallest absolute Gasteiger partial charge is 0.228 e. The number of carbonyl (C=O) groups excluding carboxylic acids is 1. The maximum Gasteiger partial charge on any atom is 0.228 e. The van der Waals surface area contributed by atoms with Crippen LogP contribution in [-0.2, 0) is 4.79 Å². The minimum atomic E-state index is -0.382. The molecule has 2 aliphatic rings. The van der Waals surface area contributed by atoms with Gasteiger partial charge in [0.05, 0.1) is 11.4 Å². The summed E-state index contributed by atoms with van der Waals surface area (Å²) in [5.41, 5.74) is 6.53. The maximum atomic E-state index is 13.1. The zero-order chi connectivity index (χ0) is 12.7. The van der Waals surface area contributed by atoms with Gasteiger partial charge in [0.15, 0.2) is 0 Å².